The fourth-order valence-electron chi connectivity index (χ4n) is 0.203. The molecule has 50 valence electrons. The third-order valence-electron chi connectivity index (χ3n) is 0.839. The van der Waals surface area contributed by atoms with Gasteiger partial charge in [-0.1, -0.05) is 6.04 Å². The van der Waals surface area contributed by atoms with Crippen LogP contribution in [0.25, 0.3) is 0 Å². The van der Waals surface area contributed by atoms with E-state index in [-0.39, 0.29) is 11.8 Å². The average molecular weight is 292 g/mol. The molecule has 4 heteroatoms. The topological polar surface area (TPSA) is 29.1 Å². The molecule has 9 heavy (non-hydrogen) atoms. The summed E-state index contributed by atoms with van der Waals surface area (Å²) in [4.78, 5) is 10.2. The van der Waals surface area contributed by atoms with E-state index in [1.807, 2.05) is 0 Å². The Morgan fingerprint density at radius 1 is 1.78 bits per heavy atom. The van der Waals surface area contributed by atoms with Gasteiger partial charge in [0, 0.05) is 0 Å². The molecule has 0 aromatic carbocycles. The van der Waals surface area contributed by atoms with Gasteiger partial charge < -0.3 is 17.0 Å². The molecule has 2 nitrogen and oxygen atoms in total. The number of hydrogen-bond acceptors (Lipinski definition) is 2. The Balaban J connectivity index is 0. The van der Waals surface area contributed by atoms with Crippen molar-refractivity contribution in [3.8, 4) is 0 Å². The molecule has 0 heterocycles. The van der Waals surface area contributed by atoms with Crippen molar-refractivity contribution >= 4 is 25.5 Å². The van der Waals surface area contributed by atoms with Crippen LogP contribution in [0.2, 0.25) is 0 Å². The number of rotatable bonds is 2. The van der Waals surface area contributed by atoms with Crippen molar-refractivity contribution in [2.24, 2.45) is 0 Å². The molecule has 0 bridgehead atoms. The van der Waals surface area contributed by atoms with E-state index in [9.17, 15) is 4.79 Å². The van der Waals surface area contributed by atoms with E-state index in [2.05, 4.69) is 32.0 Å². The van der Waals surface area contributed by atoms with Crippen LogP contribution in [0.15, 0.2) is 0 Å². The van der Waals surface area contributed by atoms with Crippen LogP contribution in [0.3, 0.4) is 0 Å². The number of likely N-dealkylation sites (N-methyl/N-ethyl adjacent to an activating group) is 1. The molecule has 0 aliphatic heterocycles. The van der Waals surface area contributed by atoms with Gasteiger partial charge in [-0.3, -0.25) is 0 Å². The second-order valence-electron chi connectivity index (χ2n) is 1.45. The predicted octanol–water partition coefficient (Wildman–Crippen LogP) is 0.881. The Morgan fingerprint density at radius 3 is 2.11 bits per heavy atom. The summed E-state index contributed by atoms with van der Waals surface area (Å²) in [6, 6.07) is -0.236. The Morgan fingerprint density at radius 2 is 2.11 bits per heavy atom. The standard InChI is InChI=1S/C5H10NO.HI.Zn/c1-4(6-3)5(2)7;;/h4,6H,1H2,2-3H3;1H;/q-1;;+2/p-1/t4-;;/m0../s1. The normalized spacial score (nSPS) is 11.3. The van der Waals surface area contributed by atoms with Crippen LogP contribution in [0.4, 0.5) is 0 Å². The van der Waals surface area contributed by atoms with Crippen molar-refractivity contribution in [1.29, 1.82) is 0 Å². The number of hydrogen-bond donors (Lipinski definition) is 1. The number of carbonyl (C=O) groups is 1. The van der Waals surface area contributed by atoms with E-state index in [4.69, 9.17) is 0 Å². The number of Topliss-reactive ketones (excluding diaryl/α,β-unsaturated/α-hetero) is 1. The first-order chi connectivity index (χ1) is 4.18. The minimum atomic E-state index is -0.236. The third kappa shape index (κ3) is 8.98. The van der Waals surface area contributed by atoms with Crippen molar-refractivity contribution in [3.63, 3.8) is 0 Å². The zero-order valence-corrected chi connectivity index (χ0v) is 10.9. The Bertz CT molecular complexity index is 79.4. The summed E-state index contributed by atoms with van der Waals surface area (Å²) in [6.45, 7) is 5.00. The van der Waals surface area contributed by atoms with E-state index < -0.39 is 0 Å². The first kappa shape index (κ1) is 12.6. The van der Waals surface area contributed by atoms with Crippen molar-refractivity contribution in [2.45, 2.75) is 13.0 Å². The molecular formula is C5H10INOZn. The second kappa shape index (κ2) is 8.98. The van der Waals surface area contributed by atoms with Crippen LogP contribution in [-0.4, -0.2) is 18.9 Å². The van der Waals surface area contributed by atoms with E-state index >= 15 is 0 Å². The maximum atomic E-state index is 10.2. The first-order valence-electron chi connectivity index (χ1n) is 2.46. The zero-order valence-electron chi connectivity index (χ0n) is 5.78. The molecule has 0 rings (SSSR count). The van der Waals surface area contributed by atoms with Gasteiger partial charge in [-0.2, -0.15) is 0 Å². The molecular weight excluding hydrogens is 282 g/mol. The molecule has 0 spiro atoms. The Kier molecular flexibility index (Phi) is 12.6. The average Bonchev–Trinajstić information content (AvgIpc) is 1.91. The van der Waals surface area contributed by atoms with Crippen LogP contribution in [0.5, 0.6) is 0 Å². The van der Waals surface area contributed by atoms with Gasteiger partial charge in [0.2, 0.25) is 0 Å². The van der Waals surface area contributed by atoms with Gasteiger partial charge in [-0.05, 0) is 14.0 Å². The summed E-state index contributed by atoms with van der Waals surface area (Å²) < 4.78 is 0. The molecule has 0 unspecified atom stereocenters. The number of nitrogens with one attached hydrogen (secondary N) is 1. The van der Waals surface area contributed by atoms with Crippen molar-refractivity contribution < 1.29 is 19.6 Å². The Labute approximate surface area is 77.0 Å². The van der Waals surface area contributed by atoms with Gasteiger partial charge in [-0.15, -0.1) is 0 Å². The van der Waals surface area contributed by atoms with Crippen LogP contribution >= 0.6 is 19.8 Å². The van der Waals surface area contributed by atoms with E-state index in [0.29, 0.717) is 0 Å². The fraction of sp³-hybridized carbons (Fsp3) is 0.600. The van der Waals surface area contributed by atoms with Gasteiger partial charge in [0.05, 0.1) is 0 Å². The number of carbonyl (C=O) groups excluding carboxylic acids is 1. The van der Waals surface area contributed by atoms with Gasteiger partial charge in [0.25, 0.3) is 0 Å². The van der Waals surface area contributed by atoms with Crippen LogP contribution in [0, 0.1) is 6.92 Å². The molecule has 1 N–H and O–H groups in total. The van der Waals surface area contributed by atoms with Crippen LogP contribution in [-0.2, 0) is 19.6 Å². The van der Waals surface area contributed by atoms with E-state index in [1.54, 1.807) is 7.05 Å². The molecule has 1 atom stereocenters. The molecule has 0 aliphatic rings. The first-order valence-corrected chi connectivity index (χ1v) is 11.5. The van der Waals surface area contributed by atoms with Crippen LogP contribution < -0.4 is 5.32 Å². The molecule has 0 aromatic rings. The van der Waals surface area contributed by atoms with Crippen LogP contribution in [0.1, 0.15) is 6.92 Å². The van der Waals surface area contributed by atoms with Gasteiger partial charge in [-0.25, -0.2) is 0 Å². The van der Waals surface area contributed by atoms with Crippen molar-refractivity contribution in [2.75, 3.05) is 7.05 Å². The third-order valence-corrected chi connectivity index (χ3v) is 0.839. The second-order valence-corrected chi connectivity index (χ2v) is 1.45. The fourth-order valence-corrected chi connectivity index (χ4v) is 0.203. The minimum absolute atomic E-state index is 0.0718. The number of ketones is 1. The summed E-state index contributed by atoms with van der Waals surface area (Å²) >= 11 is 3.62. The number of halogens is 1. The zero-order chi connectivity index (χ0) is 7.86. The molecule has 0 radical (unpaired) electrons. The van der Waals surface area contributed by atoms with Gasteiger partial charge in [0.1, 0.15) is 5.78 Å². The molecule has 0 aromatic heterocycles. The Hall–Kier alpha value is 0.983. The van der Waals surface area contributed by atoms with E-state index in [1.165, 1.54) is 21.7 Å². The molecule has 0 fully saturated rings. The SMILES string of the molecule is [CH2-][C@H](NC)C(C)=O.[Zn+][I]. The van der Waals surface area contributed by atoms with Crippen molar-refractivity contribution in [1.82, 2.24) is 5.32 Å². The van der Waals surface area contributed by atoms with Crippen molar-refractivity contribution in [3.05, 3.63) is 6.92 Å². The monoisotopic (exact) mass is 291 g/mol. The van der Waals surface area contributed by atoms with Gasteiger partial charge >= 0.3 is 34.5 Å². The summed E-state index contributed by atoms with van der Waals surface area (Å²) in [5, 5.41) is 2.70. The molecule has 0 saturated heterocycles. The summed E-state index contributed by atoms with van der Waals surface area (Å²) in [7, 11) is 1.71. The van der Waals surface area contributed by atoms with E-state index in [0.717, 1.165) is 0 Å². The predicted molar refractivity (Wildman–Crippen MR) is 42.9 cm³/mol. The molecule has 0 aliphatic carbocycles. The maximum absolute atomic E-state index is 10.2. The molecule has 0 saturated carbocycles. The summed E-state index contributed by atoms with van der Waals surface area (Å²) in [5.41, 5.74) is 0. The van der Waals surface area contributed by atoms with Gasteiger partial charge in [0.15, 0.2) is 0 Å². The quantitative estimate of drug-likeness (QED) is 0.465. The molecule has 0 amide bonds. The summed E-state index contributed by atoms with van der Waals surface area (Å²) in [5.74, 6) is 0.0718. The summed E-state index contributed by atoms with van der Waals surface area (Å²) in [6.07, 6.45) is 0.